The van der Waals surface area contributed by atoms with Gasteiger partial charge in [-0.05, 0) is 90.8 Å². The Labute approximate surface area is 232 Å². The topological polar surface area (TPSA) is 63.2 Å². The number of rotatable bonds is 2. The van der Waals surface area contributed by atoms with Crippen LogP contribution in [0.3, 0.4) is 0 Å². The first kappa shape index (κ1) is 29.1. The summed E-state index contributed by atoms with van der Waals surface area (Å²) >= 11 is 0. The highest BCUT2D eigenvalue weighted by atomic mass is 19.4. The van der Waals surface area contributed by atoms with Crippen LogP contribution in [0.15, 0.2) is 0 Å². The minimum atomic E-state index is -4.47. The third-order valence-corrected chi connectivity index (χ3v) is 13.7. The van der Waals surface area contributed by atoms with Gasteiger partial charge in [0.2, 0.25) is 5.91 Å². The highest BCUT2D eigenvalue weighted by Gasteiger charge is 2.73. The zero-order valence-electron chi connectivity index (χ0n) is 24.9. The first-order chi connectivity index (χ1) is 17.7. The van der Waals surface area contributed by atoms with Crippen LogP contribution in [0, 0.1) is 56.2 Å². The van der Waals surface area contributed by atoms with Crippen molar-refractivity contribution in [3.8, 4) is 0 Å². The molecular formula is C32H48F3NO3. The molecule has 0 spiro atoms. The molecule has 4 nitrogen and oxygen atoms in total. The molecule has 0 aliphatic heterocycles. The number of ketones is 2. The lowest BCUT2D eigenvalue weighted by Gasteiger charge is -2.72. The Morgan fingerprint density at radius 2 is 1.51 bits per heavy atom. The van der Waals surface area contributed by atoms with Crippen LogP contribution in [0.5, 0.6) is 0 Å². The van der Waals surface area contributed by atoms with Crippen LogP contribution >= 0.6 is 0 Å². The van der Waals surface area contributed by atoms with Gasteiger partial charge in [0, 0.05) is 24.2 Å². The molecule has 220 valence electrons. The smallest absolute Gasteiger partial charge is 0.346 e. The summed E-state index contributed by atoms with van der Waals surface area (Å²) in [6.45, 7) is 14.2. The number of amides is 1. The van der Waals surface area contributed by atoms with Gasteiger partial charge in [0.1, 0.15) is 18.1 Å². The molecule has 5 rings (SSSR count). The Morgan fingerprint density at radius 1 is 0.872 bits per heavy atom. The number of carbonyl (C=O) groups excluding carboxylic acids is 3. The summed E-state index contributed by atoms with van der Waals surface area (Å²) in [4.78, 5) is 41.1. The minimum absolute atomic E-state index is 0.0772. The quantitative estimate of drug-likeness (QED) is 0.392. The van der Waals surface area contributed by atoms with Gasteiger partial charge >= 0.3 is 6.18 Å². The predicted octanol–water partition coefficient (Wildman–Crippen LogP) is 7.29. The number of fused-ring (bicyclic) bond motifs is 7. The van der Waals surface area contributed by atoms with Crippen LogP contribution in [-0.4, -0.2) is 30.2 Å². The summed E-state index contributed by atoms with van der Waals surface area (Å²) in [6, 6.07) is 0. The summed E-state index contributed by atoms with van der Waals surface area (Å²) in [5.74, 6) is -0.167. The van der Waals surface area contributed by atoms with Gasteiger partial charge < -0.3 is 5.32 Å². The maximum absolute atomic E-state index is 14.4. The van der Waals surface area contributed by atoms with E-state index in [2.05, 4.69) is 53.8 Å². The maximum atomic E-state index is 14.4. The summed E-state index contributed by atoms with van der Waals surface area (Å²) in [7, 11) is 0. The summed E-state index contributed by atoms with van der Waals surface area (Å²) in [5, 5.41) is 2.25. The van der Waals surface area contributed by atoms with Crippen molar-refractivity contribution in [1.29, 1.82) is 0 Å². The molecule has 0 aromatic carbocycles. The molecule has 0 unspecified atom stereocenters. The number of carbonyl (C=O) groups is 3. The Morgan fingerprint density at radius 3 is 2.15 bits per heavy atom. The fourth-order valence-electron chi connectivity index (χ4n) is 11.3. The number of alkyl halides is 3. The zero-order chi connectivity index (χ0) is 29.0. The molecule has 0 heterocycles. The Balaban J connectivity index is 1.55. The molecule has 5 fully saturated rings. The monoisotopic (exact) mass is 551 g/mol. The number of halogens is 3. The van der Waals surface area contributed by atoms with E-state index >= 15 is 0 Å². The molecule has 0 radical (unpaired) electrons. The van der Waals surface area contributed by atoms with Crippen molar-refractivity contribution in [3.05, 3.63) is 0 Å². The first-order valence-corrected chi connectivity index (χ1v) is 15.1. The highest BCUT2D eigenvalue weighted by molar-refractivity contribution is 5.89. The van der Waals surface area contributed by atoms with Crippen molar-refractivity contribution in [2.24, 2.45) is 56.2 Å². The second kappa shape index (κ2) is 8.56. The molecule has 0 saturated heterocycles. The molecule has 8 atom stereocenters. The van der Waals surface area contributed by atoms with E-state index in [1.54, 1.807) is 0 Å². The fraction of sp³-hybridized carbons (Fsp3) is 0.906. The lowest BCUT2D eigenvalue weighted by Crippen LogP contribution is -2.70. The van der Waals surface area contributed by atoms with E-state index in [0.717, 1.165) is 25.7 Å². The number of nitrogens with one attached hydrogen (secondary N) is 1. The van der Waals surface area contributed by atoms with Crippen molar-refractivity contribution in [1.82, 2.24) is 5.32 Å². The van der Waals surface area contributed by atoms with Gasteiger partial charge in [-0.2, -0.15) is 13.2 Å². The molecule has 0 aromatic rings. The highest BCUT2D eigenvalue weighted by Crippen LogP contribution is 2.76. The predicted molar refractivity (Wildman–Crippen MR) is 144 cm³/mol. The van der Waals surface area contributed by atoms with Gasteiger partial charge in [-0.3, -0.25) is 14.4 Å². The van der Waals surface area contributed by atoms with E-state index < -0.39 is 29.5 Å². The fourth-order valence-corrected chi connectivity index (χ4v) is 11.3. The maximum Gasteiger partial charge on any atom is 0.405 e. The van der Waals surface area contributed by atoms with Gasteiger partial charge in [-0.25, -0.2) is 0 Å². The van der Waals surface area contributed by atoms with Crippen molar-refractivity contribution < 1.29 is 27.6 Å². The van der Waals surface area contributed by atoms with Gasteiger partial charge in [-0.1, -0.05) is 48.5 Å². The van der Waals surface area contributed by atoms with Crippen LogP contribution in [0.2, 0.25) is 0 Å². The van der Waals surface area contributed by atoms with E-state index in [0.29, 0.717) is 44.3 Å². The molecule has 5 saturated carbocycles. The number of Topliss-reactive ketones (excluding diaryl/α,β-unsaturated/α-hetero) is 2. The largest absolute Gasteiger partial charge is 0.405 e. The van der Waals surface area contributed by atoms with Crippen LogP contribution in [0.4, 0.5) is 13.2 Å². The molecule has 1 amide bonds. The first-order valence-electron chi connectivity index (χ1n) is 15.1. The molecule has 1 N–H and O–H groups in total. The summed E-state index contributed by atoms with van der Waals surface area (Å²) in [6.07, 6.45) is 2.43. The lowest BCUT2D eigenvalue weighted by atomic mass is 9.31. The number of hydrogen-bond acceptors (Lipinski definition) is 3. The van der Waals surface area contributed by atoms with E-state index in [1.807, 2.05) is 0 Å². The van der Waals surface area contributed by atoms with Crippen LogP contribution < -0.4 is 5.32 Å². The standard InChI is InChI=1S/C32H48F3NO3/c1-26(2)12-14-31(25(39)36-18-32(33,34)35)15-13-30(7)24(19(31)17-26)20(37)16-22-28(5)10-9-23(38)27(3,4)21(28)8-11-29(22,30)6/h19,21-22,24H,8-18H2,1-7H3,(H,36,39)/t19-,21-,22+,24-,28-,29+,30+,31-/m0/s1. The molecule has 5 aliphatic rings. The summed E-state index contributed by atoms with van der Waals surface area (Å²) < 4.78 is 39.3. The van der Waals surface area contributed by atoms with Gasteiger partial charge in [0.15, 0.2) is 0 Å². The van der Waals surface area contributed by atoms with Crippen molar-refractivity contribution in [2.75, 3.05) is 6.54 Å². The third kappa shape index (κ3) is 4.00. The van der Waals surface area contributed by atoms with E-state index in [-0.39, 0.29) is 51.1 Å². The molecule has 0 aromatic heterocycles. The molecule has 0 bridgehead atoms. The van der Waals surface area contributed by atoms with Crippen LogP contribution in [0.25, 0.3) is 0 Å². The van der Waals surface area contributed by atoms with Gasteiger partial charge in [0.05, 0.1) is 5.41 Å². The molecule has 5 aliphatic carbocycles. The Hall–Kier alpha value is -1.40. The second-order valence-corrected chi connectivity index (χ2v) is 16.2. The van der Waals surface area contributed by atoms with Crippen molar-refractivity contribution in [3.63, 3.8) is 0 Å². The van der Waals surface area contributed by atoms with Crippen molar-refractivity contribution >= 4 is 17.5 Å². The Bertz CT molecular complexity index is 1080. The zero-order valence-corrected chi connectivity index (χ0v) is 24.9. The SMILES string of the molecule is CC1(C)CC[C@]2(C(=O)NCC(F)(F)F)CC[C@]3(C)[C@H](C(=O)C[C@@H]4[C@@]5(C)CCC(=O)C(C)(C)[C@@H]5CC[C@]43C)[C@@H]2C1. The molecule has 7 heteroatoms. The average molecular weight is 552 g/mol. The minimum Gasteiger partial charge on any atom is -0.346 e. The normalized spacial score (nSPS) is 46.8. The average Bonchev–Trinajstić information content (AvgIpc) is 2.81. The van der Waals surface area contributed by atoms with Crippen LogP contribution in [0.1, 0.15) is 113 Å². The van der Waals surface area contributed by atoms with E-state index in [4.69, 9.17) is 0 Å². The van der Waals surface area contributed by atoms with Gasteiger partial charge in [0.25, 0.3) is 0 Å². The van der Waals surface area contributed by atoms with E-state index in [9.17, 15) is 27.6 Å². The van der Waals surface area contributed by atoms with Crippen LogP contribution in [-0.2, 0) is 14.4 Å². The van der Waals surface area contributed by atoms with E-state index in [1.165, 1.54) is 0 Å². The third-order valence-electron chi connectivity index (χ3n) is 13.7. The lowest BCUT2D eigenvalue weighted by molar-refractivity contribution is -0.233. The summed E-state index contributed by atoms with van der Waals surface area (Å²) in [5.41, 5.74) is -1.99. The second-order valence-electron chi connectivity index (χ2n) is 16.2. The Kier molecular flexibility index (Phi) is 6.39. The van der Waals surface area contributed by atoms with Crippen molar-refractivity contribution in [2.45, 2.75) is 119 Å². The van der Waals surface area contributed by atoms with Gasteiger partial charge in [-0.15, -0.1) is 0 Å². The number of hydrogen-bond donors (Lipinski definition) is 1. The molecular weight excluding hydrogens is 503 g/mol. The molecule has 39 heavy (non-hydrogen) atoms.